The first-order valence-corrected chi connectivity index (χ1v) is 10.4. The molecule has 0 saturated carbocycles. The van der Waals surface area contributed by atoms with Crippen molar-refractivity contribution in [2.75, 3.05) is 25.9 Å². The first-order valence-electron chi connectivity index (χ1n) is 9.21. The van der Waals surface area contributed by atoms with Crippen molar-refractivity contribution in [1.82, 2.24) is 20.2 Å². The molecule has 4 nitrogen and oxygen atoms in total. The van der Waals surface area contributed by atoms with Gasteiger partial charge in [-0.05, 0) is 37.8 Å². The molecule has 0 aliphatic carbocycles. The Morgan fingerprint density at radius 1 is 1.04 bits per heavy atom. The quantitative estimate of drug-likeness (QED) is 0.602. The molecule has 1 N–H and O–H groups in total. The van der Waals surface area contributed by atoms with Crippen LogP contribution >= 0.6 is 11.8 Å². The van der Waals surface area contributed by atoms with E-state index in [1.165, 1.54) is 44.3 Å². The largest absolute Gasteiger partial charge is 0.311 e. The van der Waals surface area contributed by atoms with Crippen LogP contribution in [-0.2, 0) is 6.54 Å². The van der Waals surface area contributed by atoms with Crippen LogP contribution in [0.3, 0.4) is 0 Å². The Labute approximate surface area is 155 Å². The topological polar surface area (TPSA) is 41.1 Å². The van der Waals surface area contributed by atoms with Crippen LogP contribution in [0.5, 0.6) is 0 Å². The predicted octanol–water partition coefficient (Wildman–Crippen LogP) is 3.91. The molecule has 2 heterocycles. The monoisotopic (exact) mass is 356 g/mol. The number of hydrogen-bond donors (Lipinski definition) is 1. The number of nitrogens with zero attached hydrogens (tertiary/aromatic N) is 3. The summed E-state index contributed by atoms with van der Waals surface area (Å²) in [5.41, 5.74) is 2.55. The van der Waals surface area contributed by atoms with E-state index in [0.29, 0.717) is 6.04 Å². The summed E-state index contributed by atoms with van der Waals surface area (Å²) in [6, 6.07) is 11.3. The minimum absolute atomic E-state index is 0.436. The minimum Gasteiger partial charge on any atom is -0.311 e. The summed E-state index contributed by atoms with van der Waals surface area (Å²) in [5, 5.41) is 4.46. The maximum absolute atomic E-state index is 4.36. The van der Waals surface area contributed by atoms with Gasteiger partial charge in [0.05, 0.1) is 0 Å². The Morgan fingerprint density at radius 2 is 1.72 bits per heavy atom. The van der Waals surface area contributed by atoms with E-state index in [-0.39, 0.29) is 0 Å². The number of benzene rings is 1. The van der Waals surface area contributed by atoms with E-state index >= 15 is 0 Å². The lowest BCUT2D eigenvalue weighted by molar-refractivity contribution is 0.199. The molecule has 1 aliphatic rings. The summed E-state index contributed by atoms with van der Waals surface area (Å²) in [7, 11) is 0. The Morgan fingerprint density at radius 3 is 2.36 bits per heavy atom. The van der Waals surface area contributed by atoms with Gasteiger partial charge < -0.3 is 5.32 Å². The van der Waals surface area contributed by atoms with Crippen LogP contribution in [0.1, 0.15) is 42.9 Å². The third kappa shape index (κ3) is 5.53. The van der Waals surface area contributed by atoms with Crippen LogP contribution in [0.4, 0.5) is 0 Å². The van der Waals surface area contributed by atoms with Gasteiger partial charge in [-0.2, -0.15) is 0 Å². The van der Waals surface area contributed by atoms with Gasteiger partial charge in [-0.25, -0.2) is 9.97 Å². The zero-order chi connectivity index (χ0) is 17.3. The van der Waals surface area contributed by atoms with E-state index in [0.717, 1.165) is 23.8 Å². The van der Waals surface area contributed by atoms with E-state index in [4.69, 9.17) is 0 Å². The molecule has 1 aromatic heterocycles. The first-order chi connectivity index (χ1) is 12.4. The summed E-state index contributed by atoms with van der Waals surface area (Å²) in [5.74, 6) is 0. The van der Waals surface area contributed by atoms with Gasteiger partial charge in [-0.15, -0.1) is 0 Å². The maximum Gasteiger partial charge on any atom is 0.187 e. The molecule has 1 aromatic carbocycles. The number of hydrogen-bond acceptors (Lipinski definition) is 5. The van der Waals surface area contributed by atoms with Crippen molar-refractivity contribution < 1.29 is 0 Å². The molecular formula is C20H28N4S. The lowest BCUT2D eigenvalue weighted by atomic mass is 10.0. The Kier molecular flexibility index (Phi) is 7.27. The van der Waals surface area contributed by atoms with Crippen molar-refractivity contribution in [2.45, 2.75) is 43.4 Å². The zero-order valence-corrected chi connectivity index (χ0v) is 15.8. The van der Waals surface area contributed by atoms with Gasteiger partial charge in [-0.1, -0.05) is 54.9 Å². The molecule has 1 unspecified atom stereocenters. The van der Waals surface area contributed by atoms with Gasteiger partial charge in [0.25, 0.3) is 0 Å². The molecule has 0 spiro atoms. The van der Waals surface area contributed by atoms with Gasteiger partial charge >= 0.3 is 0 Å². The van der Waals surface area contributed by atoms with Crippen LogP contribution in [-0.4, -0.2) is 40.8 Å². The number of nitrogens with one attached hydrogen (secondary N) is 1. The zero-order valence-electron chi connectivity index (χ0n) is 15.0. The van der Waals surface area contributed by atoms with E-state index < -0.39 is 0 Å². The Balaban J connectivity index is 1.62. The third-order valence-electron chi connectivity index (χ3n) is 4.80. The van der Waals surface area contributed by atoms with Crippen molar-refractivity contribution in [3.05, 3.63) is 53.9 Å². The van der Waals surface area contributed by atoms with E-state index in [9.17, 15) is 0 Å². The average Bonchev–Trinajstić information content (AvgIpc) is 2.96. The van der Waals surface area contributed by atoms with Crippen molar-refractivity contribution in [1.29, 1.82) is 0 Å². The average molecular weight is 357 g/mol. The number of rotatable bonds is 7. The van der Waals surface area contributed by atoms with Gasteiger partial charge in [0.1, 0.15) is 0 Å². The molecule has 1 fully saturated rings. The van der Waals surface area contributed by atoms with Crippen LogP contribution in [0.15, 0.2) is 47.9 Å². The van der Waals surface area contributed by atoms with E-state index in [2.05, 4.69) is 50.5 Å². The smallest absolute Gasteiger partial charge is 0.187 e. The Hall–Kier alpha value is -1.43. The highest BCUT2D eigenvalue weighted by Crippen LogP contribution is 2.23. The molecule has 134 valence electrons. The molecule has 5 heteroatoms. The van der Waals surface area contributed by atoms with Gasteiger partial charge in [0.15, 0.2) is 5.16 Å². The summed E-state index contributed by atoms with van der Waals surface area (Å²) < 4.78 is 0. The molecule has 0 bridgehead atoms. The second-order valence-corrected chi connectivity index (χ2v) is 7.36. The van der Waals surface area contributed by atoms with Crippen LogP contribution in [0.25, 0.3) is 0 Å². The van der Waals surface area contributed by atoms with Gasteiger partial charge in [0.2, 0.25) is 0 Å². The summed E-state index contributed by atoms with van der Waals surface area (Å²) >= 11 is 1.57. The lowest BCUT2D eigenvalue weighted by Gasteiger charge is -2.31. The number of aromatic nitrogens is 2. The highest BCUT2D eigenvalue weighted by Gasteiger charge is 2.21. The van der Waals surface area contributed by atoms with Crippen LogP contribution in [0, 0.1) is 0 Å². The van der Waals surface area contributed by atoms with Crippen LogP contribution in [0.2, 0.25) is 0 Å². The van der Waals surface area contributed by atoms with Crippen molar-refractivity contribution in [2.24, 2.45) is 0 Å². The molecule has 0 amide bonds. The molecule has 2 aromatic rings. The number of thioether (sulfide) groups is 1. The summed E-state index contributed by atoms with van der Waals surface area (Å²) in [6.45, 7) is 4.17. The van der Waals surface area contributed by atoms with Crippen molar-refractivity contribution in [3.63, 3.8) is 0 Å². The predicted molar refractivity (Wildman–Crippen MR) is 105 cm³/mol. The Bertz CT molecular complexity index is 609. The minimum atomic E-state index is 0.436. The highest BCUT2D eigenvalue weighted by molar-refractivity contribution is 7.98. The normalized spacial score (nSPS) is 17.2. The van der Waals surface area contributed by atoms with Crippen molar-refractivity contribution in [3.8, 4) is 0 Å². The summed E-state index contributed by atoms with van der Waals surface area (Å²) in [6.07, 6.45) is 11.2. The third-order valence-corrected chi connectivity index (χ3v) is 5.37. The molecular weight excluding hydrogens is 328 g/mol. The fraction of sp³-hybridized carbons (Fsp3) is 0.500. The molecule has 1 atom stereocenters. The SMILES string of the molecule is CSc1ncc(CNCC(c2ccccc2)N2CCCCCC2)cn1. The van der Waals surface area contributed by atoms with Gasteiger partial charge in [0, 0.05) is 37.1 Å². The number of likely N-dealkylation sites (tertiary alicyclic amines) is 1. The molecule has 3 rings (SSSR count). The second-order valence-electron chi connectivity index (χ2n) is 6.59. The fourth-order valence-corrected chi connectivity index (χ4v) is 3.75. The molecule has 0 radical (unpaired) electrons. The van der Waals surface area contributed by atoms with E-state index in [1.54, 1.807) is 11.8 Å². The molecule has 25 heavy (non-hydrogen) atoms. The highest BCUT2D eigenvalue weighted by atomic mass is 32.2. The molecule has 1 aliphatic heterocycles. The van der Waals surface area contributed by atoms with Crippen LogP contribution < -0.4 is 5.32 Å². The lowest BCUT2D eigenvalue weighted by Crippen LogP contribution is -2.36. The summed E-state index contributed by atoms with van der Waals surface area (Å²) in [4.78, 5) is 11.4. The standard InChI is InChI=1S/C20H28N4S/c1-25-20-22-14-17(15-23-20)13-21-16-19(18-9-5-4-6-10-18)24-11-7-2-3-8-12-24/h4-6,9-10,14-15,19,21H,2-3,7-8,11-13,16H2,1H3. The van der Waals surface area contributed by atoms with Gasteiger partial charge in [-0.3, -0.25) is 4.90 Å². The second kappa shape index (κ2) is 9.90. The maximum atomic E-state index is 4.36. The fourth-order valence-electron chi connectivity index (χ4n) is 3.43. The van der Waals surface area contributed by atoms with Crippen molar-refractivity contribution >= 4 is 11.8 Å². The molecule has 1 saturated heterocycles. The van der Waals surface area contributed by atoms with E-state index in [1.807, 2.05) is 18.6 Å². The first kappa shape index (κ1) is 18.4.